The lowest BCUT2D eigenvalue weighted by Crippen LogP contribution is -2.26. The highest BCUT2D eigenvalue weighted by molar-refractivity contribution is 7.12. The summed E-state index contributed by atoms with van der Waals surface area (Å²) in [6, 6.07) is 3.76. The van der Waals surface area contributed by atoms with Crippen molar-refractivity contribution in [1.29, 1.82) is 0 Å². The Bertz CT molecular complexity index is 277. The van der Waals surface area contributed by atoms with Gasteiger partial charge in [0.1, 0.15) is 0 Å². The van der Waals surface area contributed by atoms with Crippen LogP contribution in [-0.4, -0.2) is 12.3 Å². The Balaban J connectivity index is 2.61. The van der Waals surface area contributed by atoms with E-state index in [9.17, 15) is 4.79 Å². The van der Waals surface area contributed by atoms with Crippen LogP contribution in [0.1, 0.15) is 29.9 Å². The minimum absolute atomic E-state index is 0.0823. The van der Waals surface area contributed by atoms with Gasteiger partial charge in [0.25, 0.3) is 0 Å². The molecule has 0 aliphatic rings. The van der Waals surface area contributed by atoms with E-state index >= 15 is 0 Å². The van der Waals surface area contributed by atoms with E-state index in [1.165, 1.54) is 11.3 Å². The van der Waals surface area contributed by atoms with Gasteiger partial charge >= 0.3 is 0 Å². The van der Waals surface area contributed by atoms with Crippen molar-refractivity contribution in [3.63, 3.8) is 0 Å². The number of thiophene rings is 1. The zero-order valence-electron chi connectivity index (χ0n) is 8.04. The Morgan fingerprint density at radius 3 is 2.77 bits per heavy atom. The molecule has 13 heavy (non-hydrogen) atoms. The van der Waals surface area contributed by atoms with Crippen LogP contribution in [0.3, 0.4) is 0 Å². The molecule has 0 saturated heterocycles. The molecule has 0 spiro atoms. The Hall–Kier alpha value is -0.670. The number of carbonyl (C=O) groups is 1. The van der Waals surface area contributed by atoms with Crippen molar-refractivity contribution in [1.82, 2.24) is 0 Å². The van der Waals surface area contributed by atoms with Gasteiger partial charge in [0.05, 0.1) is 4.88 Å². The molecule has 0 aliphatic carbocycles. The average Bonchev–Trinajstić information content (AvgIpc) is 2.55. The average molecular weight is 197 g/mol. The monoisotopic (exact) mass is 197 g/mol. The van der Waals surface area contributed by atoms with Gasteiger partial charge in [-0.15, -0.1) is 11.3 Å². The molecule has 2 N–H and O–H groups in total. The molecule has 0 fully saturated rings. The van der Waals surface area contributed by atoms with Gasteiger partial charge in [-0.25, -0.2) is 0 Å². The molecule has 1 heterocycles. The first-order valence-corrected chi connectivity index (χ1v) is 5.20. The van der Waals surface area contributed by atoms with Crippen molar-refractivity contribution in [2.45, 2.75) is 20.3 Å². The standard InChI is InChI=1S/C10H15NOS/c1-10(2,7-11)6-8(12)9-4-3-5-13-9/h3-5H,6-7,11H2,1-2H3. The summed E-state index contributed by atoms with van der Waals surface area (Å²) in [5.41, 5.74) is 5.48. The number of carbonyl (C=O) groups excluding carboxylic acids is 1. The molecule has 1 aromatic rings. The SMILES string of the molecule is CC(C)(CN)CC(=O)c1cccs1. The zero-order chi connectivity index (χ0) is 9.90. The smallest absolute Gasteiger partial charge is 0.173 e. The molecule has 1 rings (SSSR count). The lowest BCUT2D eigenvalue weighted by Gasteiger charge is -2.20. The summed E-state index contributed by atoms with van der Waals surface area (Å²) in [4.78, 5) is 12.5. The largest absolute Gasteiger partial charge is 0.330 e. The minimum Gasteiger partial charge on any atom is -0.330 e. The summed E-state index contributed by atoms with van der Waals surface area (Å²) in [5.74, 6) is 0.199. The van der Waals surface area contributed by atoms with Crippen LogP contribution >= 0.6 is 11.3 Å². The fraction of sp³-hybridized carbons (Fsp3) is 0.500. The van der Waals surface area contributed by atoms with E-state index in [2.05, 4.69) is 0 Å². The predicted molar refractivity (Wildman–Crippen MR) is 56.1 cm³/mol. The fourth-order valence-electron chi connectivity index (χ4n) is 1.03. The van der Waals surface area contributed by atoms with Gasteiger partial charge in [-0.3, -0.25) is 4.79 Å². The van der Waals surface area contributed by atoms with Crippen molar-refractivity contribution in [2.75, 3.05) is 6.54 Å². The third kappa shape index (κ3) is 2.94. The molecule has 0 aliphatic heterocycles. The van der Waals surface area contributed by atoms with Crippen molar-refractivity contribution < 1.29 is 4.79 Å². The molecule has 0 radical (unpaired) electrons. The molecule has 1 aromatic heterocycles. The first-order chi connectivity index (χ1) is 6.05. The summed E-state index contributed by atoms with van der Waals surface area (Å²) in [6.45, 7) is 4.57. The first-order valence-electron chi connectivity index (χ1n) is 4.32. The van der Waals surface area contributed by atoms with Crippen molar-refractivity contribution in [3.05, 3.63) is 22.4 Å². The van der Waals surface area contributed by atoms with E-state index in [0.29, 0.717) is 13.0 Å². The fourth-order valence-corrected chi connectivity index (χ4v) is 1.70. The number of hydrogen-bond acceptors (Lipinski definition) is 3. The Kier molecular flexibility index (Phi) is 3.22. The van der Waals surface area contributed by atoms with Crippen molar-refractivity contribution in [2.24, 2.45) is 11.1 Å². The van der Waals surface area contributed by atoms with Crippen LogP contribution in [0.15, 0.2) is 17.5 Å². The quantitative estimate of drug-likeness (QED) is 0.753. The highest BCUT2D eigenvalue weighted by atomic mass is 32.1. The second-order valence-corrected chi connectivity index (χ2v) is 4.89. The summed E-state index contributed by atoms with van der Waals surface area (Å²) in [7, 11) is 0. The van der Waals surface area contributed by atoms with Crippen LogP contribution < -0.4 is 5.73 Å². The van der Waals surface area contributed by atoms with Crippen LogP contribution in [0, 0.1) is 5.41 Å². The highest BCUT2D eigenvalue weighted by Gasteiger charge is 2.21. The van der Waals surface area contributed by atoms with E-state index in [1.807, 2.05) is 31.4 Å². The lowest BCUT2D eigenvalue weighted by molar-refractivity contribution is 0.0939. The van der Waals surface area contributed by atoms with Crippen LogP contribution in [0.2, 0.25) is 0 Å². The van der Waals surface area contributed by atoms with Crippen molar-refractivity contribution in [3.8, 4) is 0 Å². The normalized spacial score (nSPS) is 11.6. The van der Waals surface area contributed by atoms with Crippen molar-refractivity contribution >= 4 is 17.1 Å². The van der Waals surface area contributed by atoms with Gasteiger partial charge in [0.2, 0.25) is 0 Å². The molecule has 0 aromatic carbocycles. The number of nitrogens with two attached hydrogens (primary N) is 1. The lowest BCUT2D eigenvalue weighted by atomic mass is 9.87. The van der Waals surface area contributed by atoms with Crippen LogP contribution in [0.5, 0.6) is 0 Å². The van der Waals surface area contributed by atoms with E-state index < -0.39 is 0 Å². The second kappa shape index (κ2) is 4.03. The topological polar surface area (TPSA) is 43.1 Å². The predicted octanol–water partition coefficient (Wildman–Crippen LogP) is 2.31. The molecule has 0 bridgehead atoms. The summed E-state index contributed by atoms with van der Waals surface area (Å²) in [6.07, 6.45) is 0.532. The van der Waals surface area contributed by atoms with Crippen LogP contribution in [0.4, 0.5) is 0 Å². The van der Waals surface area contributed by atoms with Gasteiger partial charge in [0.15, 0.2) is 5.78 Å². The Labute approximate surface area is 82.8 Å². The van der Waals surface area contributed by atoms with E-state index in [-0.39, 0.29) is 11.2 Å². The second-order valence-electron chi connectivity index (χ2n) is 3.95. The van der Waals surface area contributed by atoms with Gasteiger partial charge < -0.3 is 5.73 Å². The molecule has 3 heteroatoms. The van der Waals surface area contributed by atoms with Crippen LogP contribution in [-0.2, 0) is 0 Å². The molecular weight excluding hydrogens is 182 g/mol. The van der Waals surface area contributed by atoms with E-state index in [4.69, 9.17) is 5.73 Å². The molecule has 0 saturated carbocycles. The zero-order valence-corrected chi connectivity index (χ0v) is 8.86. The van der Waals surface area contributed by atoms with E-state index in [0.717, 1.165) is 4.88 Å². The maximum absolute atomic E-state index is 11.6. The van der Waals surface area contributed by atoms with Gasteiger partial charge in [-0.2, -0.15) is 0 Å². The number of ketones is 1. The summed E-state index contributed by atoms with van der Waals surface area (Å²) < 4.78 is 0. The van der Waals surface area contributed by atoms with Gasteiger partial charge in [-0.1, -0.05) is 19.9 Å². The molecule has 72 valence electrons. The van der Waals surface area contributed by atoms with E-state index in [1.54, 1.807) is 0 Å². The Morgan fingerprint density at radius 2 is 2.31 bits per heavy atom. The molecule has 0 atom stereocenters. The summed E-state index contributed by atoms with van der Waals surface area (Å²) >= 11 is 1.49. The van der Waals surface area contributed by atoms with Crippen LogP contribution in [0.25, 0.3) is 0 Å². The first kappa shape index (κ1) is 10.4. The third-order valence-electron chi connectivity index (χ3n) is 1.99. The van der Waals surface area contributed by atoms with Gasteiger partial charge in [-0.05, 0) is 23.4 Å². The Morgan fingerprint density at radius 1 is 1.62 bits per heavy atom. The molecule has 0 unspecified atom stereocenters. The maximum atomic E-state index is 11.6. The highest BCUT2D eigenvalue weighted by Crippen LogP contribution is 2.22. The maximum Gasteiger partial charge on any atom is 0.173 e. The molecular formula is C10H15NOS. The molecule has 0 amide bonds. The number of rotatable bonds is 4. The number of hydrogen-bond donors (Lipinski definition) is 1. The van der Waals surface area contributed by atoms with Gasteiger partial charge in [0, 0.05) is 6.42 Å². The number of Topliss-reactive ketones (excluding diaryl/α,β-unsaturated/α-hetero) is 1. The molecule has 2 nitrogen and oxygen atoms in total. The summed E-state index contributed by atoms with van der Waals surface area (Å²) in [5, 5.41) is 1.92. The minimum atomic E-state index is -0.0823. The third-order valence-corrected chi connectivity index (χ3v) is 2.90.